The quantitative estimate of drug-likeness (QED) is 0.378. The first kappa shape index (κ1) is 21.9. The zero-order valence-corrected chi connectivity index (χ0v) is 16.8. The Morgan fingerprint density at radius 3 is 2.15 bits per heavy atom. The van der Waals surface area contributed by atoms with Gasteiger partial charge in [-0.15, -0.1) is 0 Å². The highest BCUT2D eigenvalue weighted by Crippen LogP contribution is 2.20. The lowest BCUT2D eigenvalue weighted by Crippen LogP contribution is -2.15. The van der Waals surface area contributed by atoms with Gasteiger partial charge in [0.1, 0.15) is 0 Å². The lowest BCUT2D eigenvalue weighted by atomic mass is 10.0. The third-order valence-electron chi connectivity index (χ3n) is 4.13. The van der Waals surface area contributed by atoms with Gasteiger partial charge in [-0.1, -0.05) is 34.9 Å². The van der Waals surface area contributed by atoms with E-state index in [1.165, 1.54) is 23.6 Å². The second kappa shape index (κ2) is 11.5. The molecule has 4 heteroatoms. The Bertz CT molecular complexity index is 616. The molecule has 1 atom stereocenters. The first-order valence-corrected chi connectivity index (χ1v) is 9.31. The second-order valence-electron chi connectivity index (χ2n) is 7.07. The minimum Gasteiger partial charge on any atom is -0.421 e. The molecule has 0 N–H and O–H groups in total. The highest BCUT2D eigenvalue weighted by molar-refractivity contribution is 5.90. The van der Waals surface area contributed by atoms with E-state index in [1.807, 2.05) is 0 Å². The Balaban J connectivity index is 2.32. The number of carbonyl (C=O) groups excluding carboxylic acids is 2. The SMILES string of the molecule is CC(=O)O[C@@H]1C=C(CC/C=C(\C)CC/C=C(\C)CCC=C(C)C)C(=O)O1. The van der Waals surface area contributed by atoms with E-state index in [9.17, 15) is 9.59 Å². The van der Waals surface area contributed by atoms with Crippen molar-refractivity contribution >= 4 is 11.9 Å². The Morgan fingerprint density at radius 2 is 1.58 bits per heavy atom. The summed E-state index contributed by atoms with van der Waals surface area (Å²) in [7, 11) is 0. The lowest BCUT2D eigenvalue weighted by Gasteiger charge is -2.06. The Labute approximate surface area is 157 Å². The first-order valence-electron chi connectivity index (χ1n) is 9.31. The first-order chi connectivity index (χ1) is 12.3. The number of carbonyl (C=O) groups is 2. The van der Waals surface area contributed by atoms with Crippen molar-refractivity contribution in [1.82, 2.24) is 0 Å². The van der Waals surface area contributed by atoms with E-state index in [1.54, 1.807) is 6.08 Å². The van der Waals surface area contributed by atoms with Crippen molar-refractivity contribution in [2.75, 3.05) is 0 Å². The molecule has 0 saturated heterocycles. The number of hydrogen-bond acceptors (Lipinski definition) is 4. The fraction of sp³-hybridized carbons (Fsp3) is 0.545. The normalized spacial score (nSPS) is 17.7. The van der Waals surface area contributed by atoms with Gasteiger partial charge in [-0.25, -0.2) is 4.79 Å². The number of hydrogen-bond donors (Lipinski definition) is 0. The molecule has 0 spiro atoms. The maximum Gasteiger partial charge on any atom is 0.337 e. The molecule has 144 valence electrons. The molecular weight excluding hydrogens is 328 g/mol. The van der Waals surface area contributed by atoms with E-state index >= 15 is 0 Å². The molecule has 0 unspecified atom stereocenters. The van der Waals surface area contributed by atoms with Crippen LogP contribution in [0.3, 0.4) is 0 Å². The van der Waals surface area contributed by atoms with Crippen LogP contribution in [0.4, 0.5) is 0 Å². The van der Waals surface area contributed by atoms with Gasteiger partial charge in [0.15, 0.2) is 0 Å². The summed E-state index contributed by atoms with van der Waals surface area (Å²) in [6.45, 7) is 9.87. The lowest BCUT2D eigenvalue weighted by molar-refractivity contribution is -0.171. The van der Waals surface area contributed by atoms with Crippen LogP contribution in [-0.2, 0) is 19.1 Å². The van der Waals surface area contributed by atoms with Crippen LogP contribution in [0.15, 0.2) is 46.6 Å². The molecule has 0 amide bonds. The largest absolute Gasteiger partial charge is 0.421 e. The molecule has 1 aliphatic rings. The third-order valence-corrected chi connectivity index (χ3v) is 4.13. The summed E-state index contributed by atoms with van der Waals surface area (Å²) in [6.07, 6.45) is 13.2. The predicted octanol–water partition coefficient (Wildman–Crippen LogP) is 5.56. The van der Waals surface area contributed by atoms with Crippen molar-refractivity contribution in [3.63, 3.8) is 0 Å². The molecule has 0 radical (unpaired) electrons. The maximum atomic E-state index is 11.7. The van der Waals surface area contributed by atoms with Gasteiger partial charge in [-0.3, -0.25) is 4.79 Å². The van der Waals surface area contributed by atoms with E-state index in [4.69, 9.17) is 9.47 Å². The smallest absolute Gasteiger partial charge is 0.337 e. The van der Waals surface area contributed by atoms with Crippen LogP contribution >= 0.6 is 0 Å². The summed E-state index contributed by atoms with van der Waals surface area (Å²) in [4.78, 5) is 22.6. The second-order valence-corrected chi connectivity index (χ2v) is 7.07. The van der Waals surface area contributed by atoms with Gasteiger partial charge in [0.2, 0.25) is 0 Å². The van der Waals surface area contributed by atoms with E-state index < -0.39 is 18.2 Å². The Hall–Kier alpha value is -2.10. The minimum absolute atomic E-state index is 0.391. The van der Waals surface area contributed by atoms with Crippen LogP contribution in [0, 0.1) is 0 Å². The third kappa shape index (κ3) is 9.40. The van der Waals surface area contributed by atoms with Gasteiger partial charge in [0.05, 0.1) is 0 Å². The van der Waals surface area contributed by atoms with E-state index in [-0.39, 0.29) is 0 Å². The van der Waals surface area contributed by atoms with Crippen LogP contribution in [0.25, 0.3) is 0 Å². The van der Waals surface area contributed by atoms with Gasteiger partial charge in [-0.05, 0) is 66.2 Å². The Morgan fingerprint density at radius 1 is 1.00 bits per heavy atom. The summed E-state index contributed by atoms with van der Waals surface area (Å²) in [5, 5.41) is 0. The fourth-order valence-electron chi connectivity index (χ4n) is 2.67. The topological polar surface area (TPSA) is 52.6 Å². The van der Waals surface area contributed by atoms with Gasteiger partial charge in [0, 0.05) is 18.6 Å². The van der Waals surface area contributed by atoms with Crippen molar-refractivity contribution in [2.24, 2.45) is 0 Å². The van der Waals surface area contributed by atoms with Crippen molar-refractivity contribution in [3.8, 4) is 0 Å². The molecule has 4 nitrogen and oxygen atoms in total. The molecule has 1 aliphatic heterocycles. The zero-order chi connectivity index (χ0) is 19.5. The molecule has 0 bridgehead atoms. The zero-order valence-electron chi connectivity index (χ0n) is 16.8. The summed E-state index contributed by atoms with van der Waals surface area (Å²) in [5.74, 6) is -0.850. The highest BCUT2D eigenvalue weighted by Gasteiger charge is 2.26. The monoisotopic (exact) mass is 360 g/mol. The minimum atomic E-state index is -0.862. The van der Waals surface area contributed by atoms with Crippen LogP contribution in [-0.4, -0.2) is 18.2 Å². The van der Waals surface area contributed by atoms with Gasteiger partial charge < -0.3 is 9.47 Å². The fourth-order valence-corrected chi connectivity index (χ4v) is 2.67. The molecule has 0 aromatic heterocycles. The van der Waals surface area contributed by atoms with Crippen LogP contribution < -0.4 is 0 Å². The average molecular weight is 360 g/mol. The highest BCUT2D eigenvalue weighted by atomic mass is 16.7. The van der Waals surface area contributed by atoms with E-state index in [0.717, 1.165) is 32.1 Å². The molecule has 0 saturated carbocycles. The van der Waals surface area contributed by atoms with Crippen LogP contribution in [0.1, 0.15) is 73.1 Å². The van der Waals surface area contributed by atoms with Gasteiger partial charge in [0.25, 0.3) is 6.29 Å². The molecule has 0 aromatic carbocycles. The molecule has 0 aromatic rings. The number of rotatable bonds is 10. The van der Waals surface area contributed by atoms with Crippen molar-refractivity contribution in [2.45, 2.75) is 79.4 Å². The summed E-state index contributed by atoms with van der Waals surface area (Å²) in [5.41, 5.74) is 4.71. The molecule has 26 heavy (non-hydrogen) atoms. The van der Waals surface area contributed by atoms with E-state index in [2.05, 4.69) is 45.9 Å². The molecular formula is C22H32O4. The van der Waals surface area contributed by atoms with Crippen molar-refractivity contribution in [3.05, 3.63) is 46.6 Å². The predicted molar refractivity (Wildman–Crippen MR) is 104 cm³/mol. The summed E-state index contributed by atoms with van der Waals surface area (Å²) < 4.78 is 9.85. The standard InChI is InChI=1S/C22H32O4/c1-16(2)9-6-10-17(3)11-7-12-18(4)13-8-14-20-15-21(25-19(5)23)26-22(20)24/h9,11,13,15,21H,6-8,10,12,14H2,1-5H3/b17-11+,18-13+/t21-/m0/s1. The molecule has 0 aliphatic carbocycles. The molecule has 1 rings (SSSR count). The molecule has 1 heterocycles. The van der Waals surface area contributed by atoms with Crippen molar-refractivity contribution < 1.29 is 19.1 Å². The maximum absolute atomic E-state index is 11.7. The van der Waals surface area contributed by atoms with Crippen molar-refractivity contribution in [1.29, 1.82) is 0 Å². The number of cyclic esters (lactones) is 1. The van der Waals surface area contributed by atoms with Gasteiger partial charge >= 0.3 is 11.9 Å². The van der Waals surface area contributed by atoms with Crippen LogP contribution in [0.5, 0.6) is 0 Å². The average Bonchev–Trinajstić information content (AvgIpc) is 2.85. The molecule has 0 fully saturated rings. The summed E-state index contributed by atoms with van der Waals surface area (Å²) in [6, 6.07) is 0. The number of esters is 2. The number of allylic oxidation sites excluding steroid dienone is 6. The van der Waals surface area contributed by atoms with E-state index in [0.29, 0.717) is 12.0 Å². The number of ether oxygens (including phenoxy) is 2. The van der Waals surface area contributed by atoms with Gasteiger partial charge in [-0.2, -0.15) is 0 Å². The summed E-state index contributed by atoms with van der Waals surface area (Å²) >= 11 is 0. The Kier molecular flexibility index (Phi) is 9.71. The van der Waals surface area contributed by atoms with Crippen LogP contribution in [0.2, 0.25) is 0 Å².